The molecule has 0 aliphatic heterocycles. The van der Waals surface area contributed by atoms with Crippen molar-refractivity contribution in [3.63, 3.8) is 0 Å². The highest BCUT2D eigenvalue weighted by atomic mass is 13.9. The van der Waals surface area contributed by atoms with Gasteiger partial charge in [0, 0.05) is 0 Å². The Labute approximate surface area is 60.1 Å². The van der Waals surface area contributed by atoms with Gasteiger partial charge >= 0.3 is 0 Å². The van der Waals surface area contributed by atoms with E-state index in [9.17, 15) is 0 Å². The summed E-state index contributed by atoms with van der Waals surface area (Å²) in [5.74, 6) is 0. The summed E-state index contributed by atoms with van der Waals surface area (Å²) in [7, 11) is 0. The van der Waals surface area contributed by atoms with Gasteiger partial charge in [-0.25, -0.2) is 0 Å². The van der Waals surface area contributed by atoms with Crippen LogP contribution in [-0.4, -0.2) is 0 Å². The van der Waals surface area contributed by atoms with Crippen LogP contribution in [0.1, 0.15) is 0 Å². The second-order valence-corrected chi connectivity index (χ2v) is 2.17. The lowest BCUT2D eigenvalue weighted by Gasteiger charge is -1.91. The molecule has 0 atom stereocenters. The van der Waals surface area contributed by atoms with Gasteiger partial charge in [-0.2, -0.15) is 0 Å². The lowest BCUT2D eigenvalue weighted by Crippen LogP contribution is -1.68. The second kappa shape index (κ2) is 2.14. The molecule has 0 heterocycles. The number of rotatable bonds is 0. The van der Waals surface area contributed by atoms with Crippen molar-refractivity contribution in [1.29, 1.82) is 0 Å². The molecule has 0 spiro atoms. The van der Waals surface area contributed by atoms with Crippen LogP contribution in [0.15, 0.2) is 36.4 Å². The zero-order valence-corrected chi connectivity index (χ0v) is 5.46. The Bertz CT molecular complexity index is 271. The molecule has 2 aromatic carbocycles. The van der Waals surface area contributed by atoms with Crippen molar-refractivity contribution in [3.8, 4) is 0 Å². The quantitative estimate of drug-likeness (QED) is 0.508. The van der Waals surface area contributed by atoms with Crippen molar-refractivity contribution >= 4 is 10.8 Å². The lowest BCUT2D eigenvalue weighted by atomic mass is 10.1. The summed E-state index contributed by atoms with van der Waals surface area (Å²) in [6.07, 6.45) is 0. The van der Waals surface area contributed by atoms with Gasteiger partial charge in [-0.1, -0.05) is 36.4 Å². The fourth-order valence-electron chi connectivity index (χ4n) is 0.998. The highest BCUT2D eigenvalue weighted by Crippen LogP contribution is 2.09. The SMILES string of the molecule is [c]1cc[c]c2ccccc12. The molecule has 2 aromatic rings. The van der Waals surface area contributed by atoms with E-state index in [0.717, 1.165) is 10.8 Å². The molecular formula is C10H6. The first kappa shape index (κ1) is 5.48. The summed E-state index contributed by atoms with van der Waals surface area (Å²) < 4.78 is 0. The molecule has 0 heteroatoms. The molecule has 0 saturated heterocycles. The Morgan fingerprint density at radius 2 is 1.30 bits per heavy atom. The first-order chi connectivity index (χ1) is 4.97. The van der Waals surface area contributed by atoms with Crippen molar-refractivity contribution in [1.82, 2.24) is 0 Å². The van der Waals surface area contributed by atoms with Crippen molar-refractivity contribution < 1.29 is 0 Å². The van der Waals surface area contributed by atoms with Crippen molar-refractivity contribution in [3.05, 3.63) is 48.5 Å². The molecule has 2 rings (SSSR count). The van der Waals surface area contributed by atoms with Gasteiger partial charge < -0.3 is 0 Å². The maximum absolute atomic E-state index is 3.12. The maximum Gasteiger partial charge on any atom is -0.00987 e. The van der Waals surface area contributed by atoms with Gasteiger partial charge in [0.15, 0.2) is 0 Å². The molecule has 46 valence electrons. The molecule has 0 aromatic heterocycles. The number of hydrogen-bond acceptors (Lipinski definition) is 0. The Hall–Kier alpha value is -1.30. The van der Waals surface area contributed by atoms with Gasteiger partial charge in [0.1, 0.15) is 0 Å². The van der Waals surface area contributed by atoms with Gasteiger partial charge in [0.25, 0.3) is 0 Å². The molecule has 0 aliphatic rings. The van der Waals surface area contributed by atoms with Gasteiger partial charge in [-0.15, -0.1) is 0 Å². The third kappa shape index (κ3) is 0.781. The fraction of sp³-hybridized carbons (Fsp3) is 0. The largest absolute Gasteiger partial charge is 0.0616 e. The van der Waals surface area contributed by atoms with Crippen LogP contribution < -0.4 is 0 Å². The molecule has 0 fully saturated rings. The fourth-order valence-corrected chi connectivity index (χ4v) is 0.998. The van der Waals surface area contributed by atoms with Crippen molar-refractivity contribution in [2.24, 2.45) is 0 Å². The van der Waals surface area contributed by atoms with Gasteiger partial charge in [-0.05, 0) is 22.9 Å². The minimum atomic E-state index is 1.13. The van der Waals surface area contributed by atoms with Crippen molar-refractivity contribution in [2.45, 2.75) is 0 Å². The van der Waals surface area contributed by atoms with E-state index in [1.54, 1.807) is 0 Å². The van der Waals surface area contributed by atoms with Gasteiger partial charge in [-0.3, -0.25) is 0 Å². The summed E-state index contributed by atoms with van der Waals surface area (Å²) in [5, 5.41) is 2.26. The van der Waals surface area contributed by atoms with E-state index in [4.69, 9.17) is 0 Å². The predicted octanol–water partition coefficient (Wildman–Crippen LogP) is 2.44. The molecule has 0 bridgehead atoms. The van der Waals surface area contributed by atoms with E-state index < -0.39 is 0 Å². The lowest BCUT2D eigenvalue weighted by molar-refractivity contribution is 1.73. The zero-order chi connectivity index (χ0) is 6.81. The smallest absolute Gasteiger partial charge is 0.00987 e. The molecule has 2 radical (unpaired) electrons. The van der Waals surface area contributed by atoms with E-state index in [1.165, 1.54) is 0 Å². The van der Waals surface area contributed by atoms with Crippen LogP contribution in [0.2, 0.25) is 0 Å². The summed E-state index contributed by atoms with van der Waals surface area (Å²) in [6, 6.07) is 18.1. The standard InChI is InChI=1S/C10H6/c1-2-6-10-8-4-3-7-9(10)5-1/h1-6H. The average molecular weight is 126 g/mol. The first-order valence-corrected chi connectivity index (χ1v) is 3.24. The molecule has 0 amide bonds. The Morgan fingerprint density at radius 3 is 1.80 bits per heavy atom. The summed E-state index contributed by atoms with van der Waals surface area (Å²) >= 11 is 0. The molecule has 0 nitrogen and oxygen atoms in total. The predicted molar refractivity (Wildman–Crippen MR) is 41.6 cm³/mol. The number of hydrogen-bond donors (Lipinski definition) is 0. The Morgan fingerprint density at radius 1 is 0.800 bits per heavy atom. The van der Waals surface area contributed by atoms with E-state index in [0.29, 0.717) is 0 Å². The molecule has 0 aliphatic carbocycles. The maximum atomic E-state index is 3.12. The summed E-state index contributed by atoms with van der Waals surface area (Å²) in [5.41, 5.74) is 0. The molecule has 0 unspecified atom stereocenters. The number of fused-ring (bicyclic) bond motifs is 1. The van der Waals surface area contributed by atoms with E-state index >= 15 is 0 Å². The van der Waals surface area contributed by atoms with E-state index in [1.807, 2.05) is 36.4 Å². The second-order valence-electron chi connectivity index (χ2n) is 2.17. The van der Waals surface area contributed by atoms with Gasteiger partial charge in [0.2, 0.25) is 0 Å². The van der Waals surface area contributed by atoms with Crippen LogP contribution in [-0.2, 0) is 0 Å². The summed E-state index contributed by atoms with van der Waals surface area (Å²) in [4.78, 5) is 0. The van der Waals surface area contributed by atoms with Crippen LogP contribution in [0, 0.1) is 12.1 Å². The molecule has 10 heavy (non-hydrogen) atoms. The zero-order valence-electron chi connectivity index (χ0n) is 5.46. The number of benzene rings is 2. The van der Waals surface area contributed by atoms with E-state index in [2.05, 4.69) is 12.1 Å². The third-order valence-electron chi connectivity index (χ3n) is 1.49. The van der Waals surface area contributed by atoms with Crippen LogP contribution in [0.5, 0.6) is 0 Å². The van der Waals surface area contributed by atoms with E-state index in [-0.39, 0.29) is 0 Å². The van der Waals surface area contributed by atoms with Crippen molar-refractivity contribution in [2.75, 3.05) is 0 Å². The average Bonchev–Trinajstić information content (AvgIpc) is 2.05. The molecular weight excluding hydrogens is 120 g/mol. The minimum absolute atomic E-state index is 1.13. The molecule has 0 N–H and O–H groups in total. The summed E-state index contributed by atoms with van der Waals surface area (Å²) in [6.45, 7) is 0. The third-order valence-corrected chi connectivity index (χ3v) is 1.49. The highest BCUT2D eigenvalue weighted by molar-refractivity contribution is 5.80. The Balaban J connectivity index is 2.89. The minimum Gasteiger partial charge on any atom is -0.0616 e. The Kier molecular flexibility index (Phi) is 1.17. The van der Waals surface area contributed by atoms with Crippen LogP contribution in [0.25, 0.3) is 10.8 Å². The first-order valence-electron chi connectivity index (χ1n) is 3.24. The van der Waals surface area contributed by atoms with Crippen LogP contribution >= 0.6 is 0 Å². The molecule has 0 saturated carbocycles. The normalized spacial score (nSPS) is 10.0. The highest BCUT2D eigenvalue weighted by Gasteiger charge is 1.86. The monoisotopic (exact) mass is 126 g/mol. The van der Waals surface area contributed by atoms with Crippen LogP contribution in [0.4, 0.5) is 0 Å². The topological polar surface area (TPSA) is 0 Å². The van der Waals surface area contributed by atoms with Crippen LogP contribution in [0.3, 0.4) is 0 Å². The van der Waals surface area contributed by atoms with Gasteiger partial charge in [0.05, 0.1) is 0 Å².